The lowest BCUT2D eigenvalue weighted by molar-refractivity contribution is -0.127. The Bertz CT molecular complexity index is 1120. The van der Waals surface area contributed by atoms with Crippen LogP contribution in [-0.4, -0.2) is 32.0 Å². The maximum Gasteiger partial charge on any atom is 0.263 e. The first-order valence-corrected chi connectivity index (χ1v) is 11.1. The molecule has 1 aromatic heterocycles. The molecular weight excluding hydrogens is 402 g/mol. The van der Waals surface area contributed by atoms with Crippen molar-refractivity contribution in [2.24, 2.45) is 0 Å². The molecule has 1 unspecified atom stereocenters. The third-order valence-electron chi connectivity index (χ3n) is 4.74. The van der Waals surface area contributed by atoms with Crippen LogP contribution in [0.25, 0.3) is 0 Å². The van der Waals surface area contributed by atoms with Gasteiger partial charge in [0.15, 0.2) is 6.10 Å². The van der Waals surface area contributed by atoms with Gasteiger partial charge in [-0.3, -0.25) is 14.1 Å². The number of anilines is 1. The van der Waals surface area contributed by atoms with Crippen molar-refractivity contribution in [3.63, 3.8) is 0 Å². The van der Waals surface area contributed by atoms with Crippen LogP contribution in [0.1, 0.15) is 11.1 Å². The van der Waals surface area contributed by atoms with E-state index in [0.29, 0.717) is 17.0 Å². The summed E-state index contributed by atoms with van der Waals surface area (Å²) in [7, 11) is -3.72. The van der Waals surface area contributed by atoms with Crippen molar-refractivity contribution in [3.05, 3.63) is 90.3 Å². The molecule has 0 aliphatic carbocycles. The highest BCUT2D eigenvalue weighted by Gasteiger charge is 2.36. The topological polar surface area (TPSA) is 88.6 Å². The average molecular weight is 423 g/mol. The van der Waals surface area contributed by atoms with Crippen LogP contribution in [-0.2, 0) is 27.1 Å². The Morgan fingerprint density at radius 3 is 2.53 bits per heavy atom. The van der Waals surface area contributed by atoms with E-state index < -0.39 is 16.1 Å². The van der Waals surface area contributed by atoms with Crippen LogP contribution < -0.4 is 14.4 Å². The predicted octanol–water partition coefficient (Wildman–Crippen LogP) is 2.50. The number of sulfonamides is 1. The molecule has 2 aromatic carbocycles. The molecule has 1 atom stereocenters. The highest BCUT2D eigenvalue weighted by molar-refractivity contribution is 7.92. The van der Waals surface area contributed by atoms with Crippen molar-refractivity contribution in [2.45, 2.75) is 18.4 Å². The summed E-state index contributed by atoms with van der Waals surface area (Å²) in [5, 5.41) is 2.80. The van der Waals surface area contributed by atoms with E-state index in [0.717, 1.165) is 5.56 Å². The number of nitrogens with zero attached hydrogens (tertiary/aromatic N) is 2. The number of ether oxygens (including phenoxy) is 1. The second kappa shape index (κ2) is 8.54. The number of fused-ring (bicyclic) bond motifs is 1. The van der Waals surface area contributed by atoms with E-state index in [1.54, 1.807) is 67.0 Å². The standard InChI is InChI=1S/C22H21N3O4S/c26-22(24-14-18-9-6-12-23-13-18)21-15-25(19-10-4-5-11-20(19)29-21)30(27,28)16-17-7-2-1-3-8-17/h1-13,21H,14-16H2,(H,24,26). The van der Waals surface area contributed by atoms with Crippen LogP contribution >= 0.6 is 0 Å². The van der Waals surface area contributed by atoms with Gasteiger partial charge >= 0.3 is 0 Å². The molecule has 30 heavy (non-hydrogen) atoms. The molecule has 0 bridgehead atoms. The summed E-state index contributed by atoms with van der Waals surface area (Å²) in [6.45, 7) is 0.190. The molecule has 0 saturated carbocycles. The van der Waals surface area contributed by atoms with Gasteiger partial charge in [-0.15, -0.1) is 0 Å². The maximum atomic E-state index is 13.2. The van der Waals surface area contributed by atoms with Gasteiger partial charge in [0.2, 0.25) is 10.0 Å². The van der Waals surface area contributed by atoms with Gasteiger partial charge in [-0.2, -0.15) is 0 Å². The van der Waals surface area contributed by atoms with Gasteiger partial charge in [0.25, 0.3) is 5.91 Å². The smallest absolute Gasteiger partial charge is 0.263 e. The minimum absolute atomic E-state index is 0.0922. The van der Waals surface area contributed by atoms with Gasteiger partial charge in [0.05, 0.1) is 18.0 Å². The normalized spacial score (nSPS) is 15.7. The van der Waals surface area contributed by atoms with Crippen LogP contribution in [0, 0.1) is 0 Å². The first kappa shape index (κ1) is 19.9. The molecule has 0 fully saturated rings. The van der Waals surface area contributed by atoms with E-state index in [9.17, 15) is 13.2 Å². The zero-order chi connectivity index (χ0) is 21.0. The monoisotopic (exact) mass is 423 g/mol. The molecule has 154 valence electrons. The third-order valence-corrected chi connectivity index (χ3v) is 6.46. The molecule has 0 spiro atoms. The predicted molar refractivity (Wildman–Crippen MR) is 113 cm³/mol. The quantitative estimate of drug-likeness (QED) is 0.658. The van der Waals surface area contributed by atoms with Gasteiger partial charge in [0, 0.05) is 18.9 Å². The van der Waals surface area contributed by atoms with E-state index in [1.165, 1.54) is 4.31 Å². The summed E-state index contributed by atoms with van der Waals surface area (Å²) in [6.07, 6.45) is 2.36. The molecule has 4 rings (SSSR count). The number of hydrogen-bond donors (Lipinski definition) is 1. The minimum Gasteiger partial charge on any atom is -0.476 e. The number of rotatable bonds is 6. The molecule has 2 heterocycles. The number of benzene rings is 2. The summed E-state index contributed by atoms with van der Waals surface area (Å²) in [4.78, 5) is 16.8. The first-order chi connectivity index (χ1) is 14.5. The van der Waals surface area contributed by atoms with Crippen molar-refractivity contribution in [3.8, 4) is 5.75 Å². The zero-order valence-electron chi connectivity index (χ0n) is 16.1. The largest absolute Gasteiger partial charge is 0.476 e. The van der Waals surface area contributed by atoms with Crippen LogP contribution in [0.5, 0.6) is 5.75 Å². The molecule has 8 heteroatoms. The number of carbonyl (C=O) groups excluding carboxylic acids is 1. The third kappa shape index (κ3) is 4.44. The molecule has 0 radical (unpaired) electrons. The van der Waals surface area contributed by atoms with Crippen molar-refractivity contribution in [1.29, 1.82) is 0 Å². The van der Waals surface area contributed by atoms with E-state index in [2.05, 4.69) is 10.3 Å². The highest BCUT2D eigenvalue weighted by Crippen LogP contribution is 2.35. The summed E-state index contributed by atoms with van der Waals surface area (Å²) in [5.41, 5.74) is 1.96. The fourth-order valence-corrected chi connectivity index (χ4v) is 4.85. The van der Waals surface area contributed by atoms with Crippen LogP contribution in [0.2, 0.25) is 0 Å². The van der Waals surface area contributed by atoms with Gasteiger partial charge in [-0.05, 0) is 29.3 Å². The minimum atomic E-state index is -3.72. The van der Waals surface area contributed by atoms with E-state index in [1.807, 2.05) is 12.1 Å². The van der Waals surface area contributed by atoms with Crippen molar-refractivity contribution in [2.75, 3.05) is 10.8 Å². The fraction of sp³-hybridized carbons (Fsp3) is 0.182. The molecule has 1 amide bonds. The van der Waals surface area contributed by atoms with Gasteiger partial charge in [-0.1, -0.05) is 48.5 Å². The Kier molecular flexibility index (Phi) is 5.67. The average Bonchev–Trinajstić information content (AvgIpc) is 2.77. The Morgan fingerprint density at radius 2 is 1.77 bits per heavy atom. The van der Waals surface area contributed by atoms with Gasteiger partial charge in [0.1, 0.15) is 5.75 Å². The number of carbonyl (C=O) groups is 1. The Hall–Kier alpha value is -3.39. The molecule has 1 aliphatic rings. The number of amides is 1. The number of para-hydroxylation sites is 2. The van der Waals surface area contributed by atoms with Crippen molar-refractivity contribution in [1.82, 2.24) is 10.3 Å². The Balaban J connectivity index is 1.55. The first-order valence-electron chi connectivity index (χ1n) is 9.49. The lowest BCUT2D eigenvalue weighted by Crippen LogP contribution is -2.50. The summed E-state index contributed by atoms with van der Waals surface area (Å²) in [6, 6.07) is 19.4. The van der Waals surface area contributed by atoms with E-state index >= 15 is 0 Å². The van der Waals surface area contributed by atoms with Crippen LogP contribution in [0.15, 0.2) is 79.1 Å². The molecule has 7 nitrogen and oxygen atoms in total. The fourth-order valence-electron chi connectivity index (χ4n) is 3.27. The van der Waals surface area contributed by atoms with Gasteiger partial charge < -0.3 is 10.1 Å². The summed E-state index contributed by atoms with van der Waals surface area (Å²) < 4.78 is 33.5. The molecule has 3 aromatic rings. The second-order valence-corrected chi connectivity index (χ2v) is 8.82. The Morgan fingerprint density at radius 1 is 1.03 bits per heavy atom. The number of pyridine rings is 1. The number of hydrogen-bond acceptors (Lipinski definition) is 5. The summed E-state index contributed by atoms with van der Waals surface area (Å²) >= 11 is 0. The van der Waals surface area contributed by atoms with Gasteiger partial charge in [-0.25, -0.2) is 8.42 Å². The van der Waals surface area contributed by atoms with E-state index in [-0.39, 0.29) is 24.7 Å². The maximum absolute atomic E-state index is 13.2. The molecule has 1 aliphatic heterocycles. The number of aromatic nitrogens is 1. The lowest BCUT2D eigenvalue weighted by Gasteiger charge is -2.34. The lowest BCUT2D eigenvalue weighted by atomic mass is 10.2. The van der Waals surface area contributed by atoms with Crippen molar-refractivity contribution >= 4 is 21.6 Å². The van der Waals surface area contributed by atoms with Crippen LogP contribution in [0.3, 0.4) is 0 Å². The number of nitrogens with one attached hydrogen (secondary N) is 1. The molecular formula is C22H21N3O4S. The highest BCUT2D eigenvalue weighted by atomic mass is 32.2. The molecule has 1 N–H and O–H groups in total. The van der Waals surface area contributed by atoms with Crippen LogP contribution in [0.4, 0.5) is 5.69 Å². The van der Waals surface area contributed by atoms with Crippen molar-refractivity contribution < 1.29 is 17.9 Å². The van der Waals surface area contributed by atoms with E-state index in [4.69, 9.17) is 4.74 Å². The zero-order valence-corrected chi connectivity index (χ0v) is 17.0. The Labute approximate surface area is 175 Å². The SMILES string of the molecule is O=C(NCc1cccnc1)C1CN(S(=O)(=O)Cc2ccccc2)c2ccccc2O1. The molecule has 0 saturated heterocycles. The second-order valence-electron chi connectivity index (χ2n) is 6.93. The summed E-state index contributed by atoms with van der Waals surface area (Å²) in [5.74, 6) is -0.179.